The number of carbonyl (C=O) groups is 1. The summed E-state index contributed by atoms with van der Waals surface area (Å²) in [5.41, 5.74) is 4.80. The van der Waals surface area contributed by atoms with Gasteiger partial charge < -0.3 is 5.32 Å². The number of thiazole rings is 1. The topological polar surface area (TPSA) is 54.4 Å². The van der Waals surface area contributed by atoms with Crippen LogP contribution < -0.4 is 5.32 Å². The fourth-order valence-electron chi connectivity index (χ4n) is 2.43. The third-order valence-corrected chi connectivity index (χ3v) is 6.09. The summed E-state index contributed by atoms with van der Waals surface area (Å²) >= 11 is 3.24. The Labute approximate surface area is 156 Å². The Bertz CT molecular complexity index is 806. The average molecular weight is 372 g/mol. The van der Waals surface area contributed by atoms with E-state index in [1.165, 1.54) is 28.2 Å². The summed E-state index contributed by atoms with van der Waals surface area (Å²) in [7, 11) is 0. The van der Waals surface area contributed by atoms with Crippen LogP contribution in [-0.4, -0.2) is 22.4 Å². The first-order valence-corrected chi connectivity index (χ1v) is 10.1. The number of carbonyl (C=O) groups excluding carboxylic acids is 1. The molecule has 3 rings (SSSR count). The zero-order valence-corrected chi connectivity index (χ0v) is 16.0. The van der Waals surface area contributed by atoms with Crippen molar-refractivity contribution in [2.45, 2.75) is 37.3 Å². The van der Waals surface area contributed by atoms with E-state index < -0.39 is 0 Å². The van der Waals surface area contributed by atoms with E-state index in [0.29, 0.717) is 11.6 Å². The molecule has 0 spiro atoms. The second-order valence-electron chi connectivity index (χ2n) is 6.00. The number of hydrogen-bond donors (Lipinski definition) is 1. The van der Waals surface area contributed by atoms with Gasteiger partial charge in [0.1, 0.15) is 0 Å². The molecular weight excluding hydrogens is 350 g/mol. The highest BCUT2D eigenvalue weighted by atomic mass is 32.2. The molecule has 1 N–H and O–H groups in total. The first-order valence-electron chi connectivity index (χ1n) is 8.30. The lowest BCUT2D eigenvalue weighted by Gasteiger charge is -2.02. The quantitative estimate of drug-likeness (QED) is 0.707. The molecule has 1 aliphatic heterocycles. The van der Waals surface area contributed by atoms with E-state index in [2.05, 4.69) is 22.2 Å². The number of nitrogens with zero attached hydrogens (tertiary/aromatic N) is 2. The van der Waals surface area contributed by atoms with E-state index in [4.69, 9.17) is 0 Å². The van der Waals surface area contributed by atoms with Gasteiger partial charge in [0.25, 0.3) is 0 Å². The zero-order valence-electron chi connectivity index (χ0n) is 14.4. The highest BCUT2D eigenvalue weighted by Crippen LogP contribution is 2.29. The molecule has 1 aliphatic rings. The number of aliphatic imine (C=N–C) groups is 1. The van der Waals surface area contributed by atoms with Crippen molar-refractivity contribution < 1.29 is 4.79 Å². The van der Waals surface area contributed by atoms with E-state index in [1.807, 2.05) is 43.6 Å². The minimum atomic E-state index is -0.0355. The Morgan fingerprint density at radius 3 is 2.84 bits per heavy atom. The molecule has 1 aromatic carbocycles. The van der Waals surface area contributed by atoms with Crippen molar-refractivity contribution in [3.05, 3.63) is 53.4 Å². The Kier molecular flexibility index (Phi) is 6.04. The molecule has 1 amide bonds. The molecule has 130 valence electrons. The van der Waals surface area contributed by atoms with E-state index in [1.54, 1.807) is 11.8 Å². The number of thioether (sulfide) groups is 1. The van der Waals surface area contributed by atoms with Crippen LogP contribution in [0.25, 0.3) is 0 Å². The minimum Gasteiger partial charge on any atom is -0.302 e. The Morgan fingerprint density at radius 2 is 2.12 bits per heavy atom. The summed E-state index contributed by atoms with van der Waals surface area (Å²) in [4.78, 5) is 20.9. The first-order chi connectivity index (χ1) is 12.1. The number of anilines is 1. The van der Waals surface area contributed by atoms with Crippen LogP contribution in [0.4, 0.5) is 5.13 Å². The number of aryl methyl sites for hydroxylation is 1. The summed E-state index contributed by atoms with van der Waals surface area (Å²) in [6, 6.07) is 8.01. The third kappa shape index (κ3) is 5.28. The number of amides is 1. The van der Waals surface area contributed by atoms with Gasteiger partial charge in [0.15, 0.2) is 5.13 Å². The van der Waals surface area contributed by atoms with Crippen LogP contribution in [0.3, 0.4) is 0 Å². The van der Waals surface area contributed by atoms with Gasteiger partial charge in [0, 0.05) is 24.1 Å². The van der Waals surface area contributed by atoms with Crippen molar-refractivity contribution in [2.24, 2.45) is 4.99 Å². The van der Waals surface area contributed by atoms with Crippen LogP contribution in [0.2, 0.25) is 0 Å². The fraction of sp³-hybridized carbons (Fsp3) is 0.316. The zero-order chi connectivity index (χ0) is 17.6. The maximum Gasteiger partial charge on any atom is 0.230 e. The lowest BCUT2D eigenvalue weighted by molar-refractivity contribution is -0.115. The molecule has 2 aromatic rings. The van der Waals surface area contributed by atoms with Crippen molar-refractivity contribution >= 4 is 39.8 Å². The lowest BCUT2D eigenvalue weighted by atomic mass is 10.1. The molecule has 4 nitrogen and oxygen atoms in total. The highest BCUT2D eigenvalue weighted by molar-refractivity contribution is 8.01. The Hall–Kier alpha value is -1.92. The van der Waals surface area contributed by atoms with Gasteiger partial charge in [-0.1, -0.05) is 48.1 Å². The van der Waals surface area contributed by atoms with Crippen LogP contribution in [0.5, 0.6) is 0 Å². The summed E-state index contributed by atoms with van der Waals surface area (Å²) in [6.45, 7) is 4.20. The summed E-state index contributed by atoms with van der Waals surface area (Å²) in [6.07, 6.45) is 6.22. The highest BCUT2D eigenvalue weighted by Gasteiger charge is 2.12. The SMILES string of the molecule is CCC1=CN=C(CSc2cnc(NC(=O)Cc3ccc(C)cc3)s2)C1. The first kappa shape index (κ1) is 17.9. The lowest BCUT2D eigenvalue weighted by Crippen LogP contribution is -2.14. The molecule has 1 aromatic heterocycles. The number of benzene rings is 1. The third-order valence-electron chi connectivity index (χ3n) is 3.91. The number of aromatic nitrogens is 1. The molecular formula is C19H21N3OS2. The van der Waals surface area contributed by atoms with Gasteiger partial charge in [-0.2, -0.15) is 0 Å². The molecule has 0 radical (unpaired) electrons. The fourth-order valence-corrected chi connectivity index (χ4v) is 4.26. The van der Waals surface area contributed by atoms with Crippen LogP contribution in [-0.2, 0) is 11.2 Å². The van der Waals surface area contributed by atoms with Crippen molar-refractivity contribution in [1.29, 1.82) is 0 Å². The molecule has 25 heavy (non-hydrogen) atoms. The summed E-state index contributed by atoms with van der Waals surface area (Å²) < 4.78 is 1.10. The Balaban J connectivity index is 1.46. The van der Waals surface area contributed by atoms with E-state index >= 15 is 0 Å². The molecule has 6 heteroatoms. The minimum absolute atomic E-state index is 0.0355. The number of hydrogen-bond acceptors (Lipinski definition) is 5. The smallest absolute Gasteiger partial charge is 0.230 e. The van der Waals surface area contributed by atoms with Crippen LogP contribution >= 0.6 is 23.1 Å². The maximum absolute atomic E-state index is 12.1. The van der Waals surface area contributed by atoms with Crippen LogP contribution in [0.15, 0.2) is 51.4 Å². The molecule has 0 atom stereocenters. The number of nitrogens with one attached hydrogen (secondary N) is 1. The van der Waals surface area contributed by atoms with Gasteiger partial charge in [-0.05, 0) is 24.5 Å². The molecule has 0 unspecified atom stereocenters. The second-order valence-corrected chi connectivity index (χ2v) is 8.30. The van der Waals surface area contributed by atoms with Gasteiger partial charge in [0.2, 0.25) is 5.91 Å². The van der Waals surface area contributed by atoms with E-state index in [9.17, 15) is 4.79 Å². The van der Waals surface area contributed by atoms with Crippen molar-refractivity contribution in [3.8, 4) is 0 Å². The summed E-state index contributed by atoms with van der Waals surface area (Å²) in [5.74, 6) is 0.838. The van der Waals surface area contributed by atoms with Gasteiger partial charge in [-0.25, -0.2) is 4.98 Å². The van der Waals surface area contributed by atoms with E-state index in [0.717, 1.165) is 28.4 Å². The van der Waals surface area contributed by atoms with Crippen LogP contribution in [0.1, 0.15) is 30.9 Å². The predicted octanol–water partition coefficient (Wildman–Crippen LogP) is 4.86. The van der Waals surface area contributed by atoms with Crippen molar-refractivity contribution in [2.75, 3.05) is 11.1 Å². The van der Waals surface area contributed by atoms with Gasteiger partial charge >= 0.3 is 0 Å². The molecule has 0 saturated heterocycles. The molecule has 0 bridgehead atoms. The standard InChI is InChI=1S/C19H21N3OS2/c1-3-14-8-16(20-10-14)12-24-18-11-21-19(25-18)22-17(23)9-15-6-4-13(2)5-7-15/h4-7,10-11H,3,8-9,12H2,1-2H3,(H,21,22,23). The van der Waals surface area contributed by atoms with Crippen molar-refractivity contribution in [1.82, 2.24) is 4.98 Å². The molecule has 2 heterocycles. The van der Waals surface area contributed by atoms with E-state index in [-0.39, 0.29) is 5.91 Å². The van der Waals surface area contributed by atoms with Gasteiger partial charge in [-0.15, -0.1) is 11.8 Å². The Morgan fingerprint density at radius 1 is 1.32 bits per heavy atom. The monoisotopic (exact) mass is 371 g/mol. The van der Waals surface area contributed by atoms with Gasteiger partial charge in [0.05, 0.1) is 16.8 Å². The van der Waals surface area contributed by atoms with Crippen LogP contribution in [0, 0.1) is 6.92 Å². The molecule has 0 saturated carbocycles. The molecule has 0 fully saturated rings. The average Bonchev–Trinajstić information content (AvgIpc) is 3.24. The predicted molar refractivity (Wildman–Crippen MR) is 107 cm³/mol. The number of rotatable bonds is 7. The van der Waals surface area contributed by atoms with Gasteiger partial charge in [-0.3, -0.25) is 9.79 Å². The largest absolute Gasteiger partial charge is 0.302 e. The second kappa shape index (κ2) is 8.45. The number of allylic oxidation sites excluding steroid dienone is 1. The molecule has 0 aliphatic carbocycles. The summed E-state index contributed by atoms with van der Waals surface area (Å²) in [5, 5.41) is 3.54. The van der Waals surface area contributed by atoms with Crippen molar-refractivity contribution in [3.63, 3.8) is 0 Å². The maximum atomic E-state index is 12.1. The normalized spacial score (nSPS) is 13.5.